The first-order valence-electron chi connectivity index (χ1n) is 15.8. The van der Waals surface area contributed by atoms with E-state index >= 15 is 0 Å². The molecule has 256 valence electrons. The summed E-state index contributed by atoms with van der Waals surface area (Å²) in [6.45, 7) is 3.48. The average molecular weight is 707 g/mol. The Morgan fingerprint density at radius 1 is 1.02 bits per heavy atom. The highest BCUT2D eigenvalue weighted by atomic mass is 35.5. The molecule has 0 saturated carbocycles. The van der Waals surface area contributed by atoms with Crippen LogP contribution in [0, 0.1) is 0 Å². The van der Waals surface area contributed by atoms with Crippen molar-refractivity contribution in [1.82, 2.24) is 30.5 Å². The molecule has 12 nitrogen and oxygen atoms in total. The Morgan fingerprint density at radius 3 is 2.59 bits per heavy atom. The number of methoxy groups -OCH3 is 3. The summed E-state index contributed by atoms with van der Waals surface area (Å²) >= 11 is 13.8. The molecule has 2 aliphatic heterocycles. The van der Waals surface area contributed by atoms with Crippen molar-refractivity contribution < 1.29 is 23.8 Å². The van der Waals surface area contributed by atoms with Gasteiger partial charge in [0.05, 0.1) is 47.4 Å². The number of hydrogen-bond acceptors (Lipinski definition) is 10. The summed E-state index contributed by atoms with van der Waals surface area (Å²) in [5.74, 6) is 0.665. The van der Waals surface area contributed by atoms with Gasteiger partial charge < -0.3 is 30.2 Å². The summed E-state index contributed by atoms with van der Waals surface area (Å²) in [5, 5.41) is 9.79. The number of amides is 2. The van der Waals surface area contributed by atoms with Gasteiger partial charge in [0.15, 0.2) is 0 Å². The van der Waals surface area contributed by atoms with Crippen molar-refractivity contribution in [3.05, 3.63) is 81.7 Å². The molecule has 4 aromatic rings. The lowest BCUT2D eigenvalue weighted by Gasteiger charge is -2.38. The Labute approximate surface area is 294 Å². The number of carbonyl (C=O) groups is 2. The number of anilines is 1. The maximum atomic E-state index is 13.3. The van der Waals surface area contributed by atoms with Crippen LogP contribution in [0.4, 0.5) is 5.69 Å². The van der Waals surface area contributed by atoms with Gasteiger partial charge in [0, 0.05) is 93.0 Å². The highest BCUT2D eigenvalue weighted by Gasteiger charge is 2.27. The van der Waals surface area contributed by atoms with Gasteiger partial charge in [-0.25, -0.2) is 4.98 Å². The van der Waals surface area contributed by atoms with Crippen molar-refractivity contribution in [3.8, 4) is 34.1 Å². The van der Waals surface area contributed by atoms with Crippen LogP contribution in [-0.2, 0) is 22.6 Å². The first kappa shape index (κ1) is 34.5. The van der Waals surface area contributed by atoms with Crippen LogP contribution in [-0.4, -0.2) is 84.8 Å². The van der Waals surface area contributed by atoms with Crippen LogP contribution < -0.4 is 25.4 Å². The molecule has 2 fully saturated rings. The van der Waals surface area contributed by atoms with Crippen LogP contribution in [0.5, 0.6) is 11.6 Å². The van der Waals surface area contributed by atoms with Crippen molar-refractivity contribution in [3.63, 3.8) is 0 Å². The van der Waals surface area contributed by atoms with E-state index in [1.54, 1.807) is 64.1 Å². The van der Waals surface area contributed by atoms with Gasteiger partial charge in [0.1, 0.15) is 11.4 Å². The van der Waals surface area contributed by atoms with Crippen molar-refractivity contribution in [2.45, 2.75) is 38.1 Å². The van der Waals surface area contributed by atoms with Crippen LogP contribution in [0.3, 0.4) is 0 Å². The van der Waals surface area contributed by atoms with E-state index in [4.69, 9.17) is 42.4 Å². The number of ether oxygens (including phenoxy) is 3. The third kappa shape index (κ3) is 7.79. The lowest BCUT2D eigenvalue weighted by molar-refractivity contribution is -0.119. The van der Waals surface area contributed by atoms with Gasteiger partial charge in [-0.05, 0) is 24.6 Å². The van der Waals surface area contributed by atoms with E-state index in [1.807, 2.05) is 12.1 Å². The van der Waals surface area contributed by atoms with Gasteiger partial charge in [-0.15, -0.1) is 0 Å². The molecule has 3 aromatic heterocycles. The summed E-state index contributed by atoms with van der Waals surface area (Å²) in [6, 6.07) is 12.6. The molecule has 2 aliphatic rings. The van der Waals surface area contributed by atoms with Gasteiger partial charge in [-0.1, -0.05) is 41.4 Å². The monoisotopic (exact) mass is 705 g/mol. The number of pyridine rings is 3. The average Bonchev–Trinajstić information content (AvgIpc) is 3.52. The molecule has 1 atom stereocenters. The second kappa shape index (κ2) is 15.5. The predicted molar refractivity (Wildman–Crippen MR) is 187 cm³/mol. The molecule has 6 rings (SSSR count). The Balaban J connectivity index is 1.17. The van der Waals surface area contributed by atoms with Crippen LogP contribution in [0.25, 0.3) is 22.5 Å². The highest BCUT2D eigenvalue weighted by Crippen LogP contribution is 2.40. The number of rotatable bonds is 13. The van der Waals surface area contributed by atoms with E-state index in [2.05, 4.69) is 30.8 Å². The summed E-state index contributed by atoms with van der Waals surface area (Å²) in [7, 11) is 4.84. The predicted octanol–water partition coefficient (Wildman–Crippen LogP) is 4.98. The first-order valence-corrected chi connectivity index (χ1v) is 16.6. The van der Waals surface area contributed by atoms with Crippen LogP contribution in [0.1, 0.15) is 34.5 Å². The molecule has 0 bridgehead atoms. The second-order valence-electron chi connectivity index (χ2n) is 11.9. The Morgan fingerprint density at radius 2 is 1.86 bits per heavy atom. The van der Waals surface area contributed by atoms with Crippen LogP contribution in [0.2, 0.25) is 10.0 Å². The Bertz CT molecular complexity index is 1850. The zero-order valence-electron chi connectivity index (χ0n) is 27.4. The van der Waals surface area contributed by atoms with Crippen molar-refractivity contribution in [2.75, 3.05) is 46.3 Å². The number of hydrogen-bond donors (Lipinski definition) is 3. The van der Waals surface area contributed by atoms with Crippen molar-refractivity contribution in [1.29, 1.82) is 0 Å². The minimum atomic E-state index is -0.445. The molecule has 5 heterocycles. The minimum Gasteiger partial charge on any atom is -0.496 e. The lowest BCUT2D eigenvalue weighted by atomic mass is 10.1. The number of carbonyl (C=O) groups excluding carboxylic acids is 2. The van der Waals surface area contributed by atoms with E-state index in [-0.39, 0.29) is 28.8 Å². The summed E-state index contributed by atoms with van der Waals surface area (Å²) < 4.78 is 16.5. The van der Waals surface area contributed by atoms with Gasteiger partial charge in [-0.3, -0.25) is 24.5 Å². The normalized spacial score (nSPS) is 16.3. The third-order valence-corrected chi connectivity index (χ3v) is 9.43. The molecule has 49 heavy (non-hydrogen) atoms. The fraction of sp³-hybridized carbons (Fsp3) is 0.343. The van der Waals surface area contributed by atoms with E-state index < -0.39 is 5.91 Å². The zero-order valence-corrected chi connectivity index (χ0v) is 28.9. The van der Waals surface area contributed by atoms with E-state index in [0.717, 1.165) is 30.6 Å². The summed E-state index contributed by atoms with van der Waals surface area (Å²) in [6.07, 6.45) is 4.90. The quantitative estimate of drug-likeness (QED) is 0.175. The smallest absolute Gasteiger partial charge is 0.274 e. The maximum Gasteiger partial charge on any atom is 0.274 e. The molecule has 1 aromatic carbocycles. The molecule has 3 N–H and O–H groups in total. The number of aromatic nitrogens is 3. The van der Waals surface area contributed by atoms with Crippen LogP contribution in [0.15, 0.2) is 54.9 Å². The molecular weight excluding hydrogens is 669 g/mol. The number of likely N-dealkylation sites (tertiary alicyclic amines) is 1. The fourth-order valence-electron chi connectivity index (χ4n) is 5.91. The number of nitrogens with one attached hydrogen (secondary N) is 3. The van der Waals surface area contributed by atoms with Gasteiger partial charge in [0.2, 0.25) is 11.8 Å². The lowest BCUT2D eigenvalue weighted by Crippen LogP contribution is -2.50. The Hall–Kier alpha value is -4.33. The summed E-state index contributed by atoms with van der Waals surface area (Å²) in [4.78, 5) is 40.7. The largest absolute Gasteiger partial charge is 0.496 e. The second-order valence-corrected chi connectivity index (χ2v) is 12.6. The molecule has 0 radical (unpaired) electrons. The van der Waals surface area contributed by atoms with E-state index in [9.17, 15) is 9.59 Å². The molecule has 2 saturated heterocycles. The first-order chi connectivity index (χ1) is 23.8. The highest BCUT2D eigenvalue weighted by molar-refractivity contribution is 6.39. The SMILES string of the molecule is COc1cc(C(=O)Nc2cccc(-c3nccc(-c4ccc(CNCC5CCC(=O)N5)c(OC)n4)c3Cl)c2Cl)ncc1CN1CC(OC)C1. The topological polar surface area (TPSA) is 140 Å². The van der Waals surface area contributed by atoms with Gasteiger partial charge in [-0.2, -0.15) is 0 Å². The molecule has 1 unspecified atom stereocenters. The van der Waals surface area contributed by atoms with Crippen molar-refractivity contribution in [2.24, 2.45) is 0 Å². The van der Waals surface area contributed by atoms with Crippen molar-refractivity contribution >= 4 is 40.7 Å². The number of benzene rings is 1. The molecular formula is C35H37Cl2N7O5. The minimum absolute atomic E-state index is 0.0840. The number of halogens is 2. The molecule has 0 spiro atoms. The maximum absolute atomic E-state index is 13.3. The van der Waals surface area contributed by atoms with Gasteiger partial charge >= 0.3 is 0 Å². The fourth-order valence-corrected chi connectivity index (χ4v) is 6.48. The van der Waals surface area contributed by atoms with Crippen LogP contribution >= 0.6 is 23.2 Å². The van der Waals surface area contributed by atoms with E-state index in [1.165, 1.54) is 0 Å². The number of nitrogens with zero attached hydrogens (tertiary/aromatic N) is 4. The Kier molecular flexibility index (Phi) is 10.9. The third-order valence-electron chi connectivity index (χ3n) is 8.64. The van der Waals surface area contributed by atoms with Gasteiger partial charge in [0.25, 0.3) is 5.91 Å². The summed E-state index contributed by atoms with van der Waals surface area (Å²) in [5.41, 5.74) is 4.48. The molecule has 2 amide bonds. The standard InChI is InChI=1S/C35H37Cl2N7O5/c1-47-23-18-44(19-23)17-21-15-40-28(13-29(21)48-2)34(46)42-27-6-4-5-25(31(27)36)33-32(37)24(11-12-39-33)26-9-7-20(35(43-26)49-3)14-38-16-22-8-10-30(45)41-22/h4-7,9,11-13,15,22-23,38H,8,10,14,16-19H2,1-3H3,(H,41,45)(H,42,46). The molecule has 14 heteroatoms. The van der Waals surface area contributed by atoms with E-state index in [0.29, 0.717) is 70.9 Å². The zero-order chi connectivity index (χ0) is 34.5. The molecule has 0 aliphatic carbocycles.